The van der Waals surface area contributed by atoms with Gasteiger partial charge in [0, 0.05) is 8.95 Å². The van der Waals surface area contributed by atoms with Crippen LogP contribution in [0.3, 0.4) is 0 Å². The van der Waals surface area contributed by atoms with Gasteiger partial charge in [-0.05, 0) is 40.5 Å². The molecular formula is C10H11Br2NO5S. The van der Waals surface area contributed by atoms with Gasteiger partial charge in [0.25, 0.3) is 0 Å². The number of sulfonamides is 1. The number of carboxylic acid groups (broad SMARTS) is 1. The molecule has 6 nitrogen and oxygen atoms in total. The van der Waals surface area contributed by atoms with Crippen LogP contribution in [0, 0.1) is 6.92 Å². The first-order valence-corrected chi connectivity index (χ1v) is 8.07. The van der Waals surface area contributed by atoms with Gasteiger partial charge in [0.05, 0.1) is 11.5 Å². The zero-order valence-electron chi connectivity index (χ0n) is 9.72. The molecular weight excluding hydrogens is 406 g/mol. The molecule has 0 aliphatic heterocycles. The predicted octanol–water partition coefficient (Wildman–Crippen LogP) is 1.24. The van der Waals surface area contributed by atoms with Crippen LogP contribution < -0.4 is 4.72 Å². The van der Waals surface area contributed by atoms with Crippen LogP contribution in [0.4, 0.5) is 0 Å². The Morgan fingerprint density at radius 1 is 1.37 bits per heavy atom. The minimum absolute atomic E-state index is 0.107. The van der Waals surface area contributed by atoms with Gasteiger partial charge >= 0.3 is 5.97 Å². The average Bonchev–Trinajstić information content (AvgIpc) is 2.30. The van der Waals surface area contributed by atoms with Crippen molar-refractivity contribution in [1.29, 1.82) is 0 Å². The average molecular weight is 417 g/mol. The zero-order valence-corrected chi connectivity index (χ0v) is 13.7. The van der Waals surface area contributed by atoms with Gasteiger partial charge in [0.15, 0.2) is 0 Å². The van der Waals surface area contributed by atoms with E-state index in [2.05, 4.69) is 31.9 Å². The number of halogens is 2. The number of hydrogen-bond donors (Lipinski definition) is 3. The van der Waals surface area contributed by atoms with Crippen LogP contribution in [0.2, 0.25) is 0 Å². The minimum Gasteiger partial charge on any atom is -0.480 e. The standard InChI is InChI=1S/C10H11Br2NO5S/c1-5-2-7(12)9(3-6(5)11)19(17,18)13-8(4-14)10(15)16/h2-3,8,13-14H,4H2,1H3,(H,15,16)/t8-/m1/s1. The van der Waals surface area contributed by atoms with E-state index in [0.717, 1.165) is 5.56 Å². The highest BCUT2D eigenvalue weighted by molar-refractivity contribution is 9.11. The third kappa shape index (κ3) is 3.99. The number of aliphatic hydroxyl groups is 1. The summed E-state index contributed by atoms with van der Waals surface area (Å²) in [5.41, 5.74) is 0.822. The molecule has 0 heterocycles. The molecule has 0 aliphatic carbocycles. The lowest BCUT2D eigenvalue weighted by atomic mass is 10.2. The van der Waals surface area contributed by atoms with Crippen LogP contribution in [0.15, 0.2) is 26.0 Å². The van der Waals surface area contributed by atoms with Crippen molar-refractivity contribution in [2.24, 2.45) is 0 Å². The van der Waals surface area contributed by atoms with E-state index in [4.69, 9.17) is 10.2 Å². The Hall–Kier alpha value is -0.480. The maximum Gasteiger partial charge on any atom is 0.324 e. The van der Waals surface area contributed by atoms with E-state index in [0.29, 0.717) is 8.95 Å². The SMILES string of the molecule is Cc1cc(Br)c(S(=O)(=O)N[C@H](CO)C(=O)O)cc1Br. The molecule has 0 aliphatic rings. The minimum atomic E-state index is -4.05. The number of aliphatic carboxylic acids is 1. The van der Waals surface area contributed by atoms with Crippen molar-refractivity contribution < 1.29 is 23.4 Å². The number of carboxylic acids is 1. The van der Waals surface area contributed by atoms with E-state index >= 15 is 0 Å². The Kier molecular flexibility index (Phi) is 5.51. The molecule has 0 bridgehead atoms. The highest BCUT2D eigenvalue weighted by atomic mass is 79.9. The van der Waals surface area contributed by atoms with Crippen LogP contribution in [0.1, 0.15) is 5.56 Å². The van der Waals surface area contributed by atoms with Crippen molar-refractivity contribution in [3.05, 3.63) is 26.6 Å². The fourth-order valence-electron chi connectivity index (χ4n) is 1.25. The van der Waals surface area contributed by atoms with Crippen molar-refractivity contribution in [1.82, 2.24) is 4.72 Å². The lowest BCUT2D eigenvalue weighted by Gasteiger charge is -2.14. The Bertz CT molecular complexity index is 602. The molecule has 1 atom stereocenters. The van der Waals surface area contributed by atoms with Gasteiger partial charge in [-0.2, -0.15) is 4.72 Å². The van der Waals surface area contributed by atoms with E-state index in [1.807, 2.05) is 4.72 Å². The number of benzene rings is 1. The van der Waals surface area contributed by atoms with E-state index in [9.17, 15) is 13.2 Å². The molecule has 0 amide bonds. The number of aryl methyl sites for hydroxylation is 1. The molecule has 0 unspecified atom stereocenters. The summed E-state index contributed by atoms with van der Waals surface area (Å²) in [4.78, 5) is 10.6. The van der Waals surface area contributed by atoms with E-state index < -0.39 is 28.6 Å². The highest BCUT2D eigenvalue weighted by Gasteiger charge is 2.26. The van der Waals surface area contributed by atoms with Crippen molar-refractivity contribution in [2.45, 2.75) is 17.9 Å². The van der Waals surface area contributed by atoms with Crippen LogP contribution in [-0.2, 0) is 14.8 Å². The van der Waals surface area contributed by atoms with Gasteiger partial charge in [-0.3, -0.25) is 4.79 Å². The largest absolute Gasteiger partial charge is 0.480 e. The van der Waals surface area contributed by atoms with Crippen LogP contribution in [0.25, 0.3) is 0 Å². The number of aliphatic hydroxyl groups excluding tert-OH is 1. The lowest BCUT2D eigenvalue weighted by molar-refractivity contribution is -0.139. The molecule has 0 radical (unpaired) electrons. The van der Waals surface area contributed by atoms with E-state index in [-0.39, 0.29) is 4.90 Å². The number of carbonyl (C=O) groups is 1. The first-order valence-electron chi connectivity index (χ1n) is 5.00. The Morgan fingerprint density at radius 3 is 2.42 bits per heavy atom. The first kappa shape index (κ1) is 16.6. The maximum atomic E-state index is 12.1. The molecule has 0 saturated heterocycles. The first-order chi connectivity index (χ1) is 8.69. The number of hydrogen-bond acceptors (Lipinski definition) is 4. The third-order valence-electron chi connectivity index (χ3n) is 2.28. The molecule has 19 heavy (non-hydrogen) atoms. The summed E-state index contributed by atoms with van der Waals surface area (Å²) in [5.74, 6) is -1.45. The number of nitrogens with one attached hydrogen (secondary N) is 1. The van der Waals surface area contributed by atoms with Gasteiger partial charge in [0.2, 0.25) is 10.0 Å². The van der Waals surface area contributed by atoms with Crippen molar-refractivity contribution in [3.8, 4) is 0 Å². The van der Waals surface area contributed by atoms with E-state index in [1.54, 1.807) is 13.0 Å². The summed E-state index contributed by atoms with van der Waals surface area (Å²) < 4.78 is 26.9. The molecule has 1 aromatic carbocycles. The van der Waals surface area contributed by atoms with Crippen LogP contribution in [0.5, 0.6) is 0 Å². The Morgan fingerprint density at radius 2 is 1.95 bits per heavy atom. The van der Waals surface area contributed by atoms with Crippen molar-refractivity contribution in [3.63, 3.8) is 0 Å². The quantitative estimate of drug-likeness (QED) is 0.669. The third-order valence-corrected chi connectivity index (χ3v) is 5.57. The number of rotatable bonds is 5. The van der Waals surface area contributed by atoms with Gasteiger partial charge in [-0.25, -0.2) is 8.42 Å². The lowest BCUT2D eigenvalue weighted by Crippen LogP contribution is -2.43. The molecule has 1 aromatic rings. The smallest absolute Gasteiger partial charge is 0.324 e. The predicted molar refractivity (Wildman–Crippen MR) is 75.4 cm³/mol. The van der Waals surface area contributed by atoms with Gasteiger partial charge in [-0.1, -0.05) is 15.9 Å². The summed E-state index contributed by atoms with van der Waals surface area (Å²) in [6.07, 6.45) is 0. The van der Waals surface area contributed by atoms with Gasteiger partial charge < -0.3 is 10.2 Å². The van der Waals surface area contributed by atoms with E-state index in [1.165, 1.54) is 6.07 Å². The molecule has 0 saturated carbocycles. The molecule has 106 valence electrons. The van der Waals surface area contributed by atoms with Gasteiger partial charge in [0.1, 0.15) is 6.04 Å². The van der Waals surface area contributed by atoms with Crippen LogP contribution >= 0.6 is 31.9 Å². The second-order valence-corrected chi connectivity index (χ2v) is 7.12. The zero-order chi connectivity index (χ0) is 14.8. The molecule has 1 rings (SSSR count). The fraction of sp³-hybridized carbons (Fsp3) is 0.300. The second-order valence-electron chi connectivity index (χ2n) is 3.73. The molecule has 0 spiro atoms. The van der Waals surface area contributed by atoms with Gasteiger partial charge in [-0.15, -0.1) is 0 Å². The molecule has 0 aromatic heterocycles. The Labute approximate surface area is 127 Å². The molecule has 0 fully saturated rings. The van der Waals surface area contributed by atoms with Crippen molar-refractivity contribution >= 4 is 47.9 Å². The summed E-state index contributed by atoms with van der Waals surface area (Å²) in [6.45, 7) is 0.950. The van der Waals surface area contributed by atoms with Crippen molar-refractivity contribution in [2.75, 3.05) is 6.61 Å². The Balaban J connectivity index is 3.21. The fourth-order valence-corrected chi connectivity index (χ4v) is 4.11. The topological polar surface area (TPSA) is 104 Å². The normalized spacial score (nSPS) is 13.3. The second kappa shape index (κ2) is 6.31. The summed E-state index contributed by atoms with van der Waals surface area (Å²) in [6, 6.07) is 1.36. The summed E-state index contributed by atoms with van der Waals surface area (Å²) >= 11 is 6.32. The maximum absolute atomic E-state index is 12.1. The summed E-state index contributed by atoms with van der Waals surface area (Å²) in [5, 5.41) is 17.6. The highest BCUT2D eigenvalue weighted by Crippen LogP contribution is 2.28. The summed E-state index contributed by atoms with van der Waals surface area (Å²) in [7, 11) is -4.05. The monoisotopic (exact) mass is 415 g/mol. The molecule has 3 N–H and O–H groups in total. The van der Waals surface area contributed by atoms with Crippen LogP contribution in [-0.4, -0.2) is 37.2 Å². The molecule has 9 heteroatoms.